The van der Waals surface area contributed by atoms with Crippen LogP contribution < -0.4 is 0 Å². The highest BCUT2D eigenvalue weighted by Gasteiger charge is 2.20. The van der Waals surface area contributed by atoms with E-state index in [4.69, 9.17) is 0 Å². The van der Waals surface area contributed by atoms with Crippen LogP contribution in [0.25, 0.3) is 0 Å². The lowest BCUT2D eigenvalue weighted by Gasteiger charge is -2.13. The zero-order valence-electron chi connectivity index (χ0n) is 8.77. The molecule has 0 aliphatic carbocycles. The van der Waals surface area contributed by atoms with Crippen molar-refractivity contribution >= 4 is 0 Å². The van der Waals surface area contributed by atoms with Gasteiger partial charge >= 0.3 is 0 Å². The maximum absolute atomic E-state index is 9.39. The van der Waals surface area contributed by atoms with Gasteiger partial charge in [0.25, 0.3) is 0 Å². The Bertz CT molecular complexity index is 321. The number of aliphatic hydroxyl groups is 1. The summed E-state index contributed by atoms with van der Waals surface area (Å²) >= 11 is 0. The maximum atomic E-state index is 9.39. The van der Waals surface area contributed by atoms with Gasteiger partial charge in [-0.05, 0) is 13.3 Å². The van der Waals surface area contributed by atoms with Crippen molar-refractivity contribution in [3.63, 3.8) is 0 Å². The fourth-order valence-electron chi connectivity index (χ4n) is 2.00. The fraction of sp³-hybridized carbons (Fsp3) is 0.700. The van der Waals surface area contributed by atoms with Crippen LogP contribution in [0, 0.1) is 6.92 Å². The SMILES string of the molecule is Cc1nn(C)cc1CN1CC[C@H](O)C1. The third kappa shape index (κ3) is 1.96. The third-order valence-electron chi connectivity index (χ3n) is 2.76. The summed E-state index contributed by atoms with van der Waals surface area (Å²) in [6.07, 6.45) is 2.83. The second-order valence-corrected chi connectivity index (χ2v) is 4.09. The van der Waals surface area contributed by atoms with Gasteiger partial charge in [0.2, 0.25) is 0 Å². The number of aryl methyl sites for hydroxylation is 2. The highest BCUT2D eigenvalue weighted by molar-refractivity contribution is 5.15. The number of aromatic nitrogens is 2. The minimum atomic E-state index is -0.132. The summed E-state index contributed by atoms with van der Waals surface area (Å²) in [5.41, 5.74) is 2.36. The van der Waals surface area contributed by atoms with Gasteiger partial charge in [0.05, 0.1) is 11.8 Å². The van der Waals surface area contributed by atoms with E-state index in [1.54, 1.807) is 0 Å². The molecular formula is C10H17N3O. The summed E-state index contributed by atoms with van der Waals surface area (Å²) in [4.78, 5) is 2.27. The van der Waals surface area contributed by atoms with Crippen molar-refractivity contribution < 1.29 is 5.11 Å². The molecular weight excluding hydrogens is 178 g/mol. The first-order valence-electron chi connectivity index (χ1n) is 5.04. The normalized spacial score (nSPS) is 23.2. The Labute approximate surface area is 84.1 Å². The molecule has 2 rings (SSSR count). The second kappa shape index (κ2) is 3.71. The Morgan fingerprint density at radius 2 is 2.43 bits per heavy atom. The van der Waals surface area contributed by atoms with Crippen LogP contribution in [0.1, 0.15) is 17.7 Å². The van der Waals surface area contributed by atoms with Gasteiger partial charge in [-0.25, -0.2) is 0 Å². The molecule has 1 aromatic heterocycles. The average molecular weight is 195 g/mol. The van der Waals surface area contributed by atoms with Crippen LogP contribution in [-0.2, 0) is 13.6 Å². The quantitative estimate of drug-likeness (QED) is 0.737. The molecule has 1 aliphatic heterocycles. The van der Waals surface area contributed by atoms with E-state index < -0.39 is 0 Å². The van der Waals surface area contributed by atoms with Gasteiger partial charge in [0.15, 0.2) is 0 Å². The number of hydrogen-bond acceptors (Lipinski definition) is 3. The first-order chi connectivity index (χ1) is 6.65. The third-order valence-corrected chi connectivity index (χ3v) is 2.76. The number of nitrogens with zero attached hydrogens (tertiary/aromatic N) is 3. The Kier molecular flexibility index (Phi) is 2.56. The molecule has 0 bridgehead atoms. The molecule has 14 heavy (non-hydrogen) atoms. The number of β-amino-alcohol motifs (C(OH)–C–C–N with tert-alkyl or cyclic N) is 1. The van der Waals surface area contributed by atoms with Crippen LogP contribution in [-0.4, -0.2) is 39.0 Å². The molecule has 4 heteroatoms. The van der Waals surface area contributed by atoms with Crippen LogP contribution >= 0.6 is 0 Å². The van der Waals surface area contributed by atoms with Crippen molar-refractivity contribution in [2.75, 3.05) is 13.1 Å². The number of likely N-dealkylation sites (tertiary alicyclic amines) is 1. The summed E-state index contributed by atoms with van der Waals surface area (Å²) in [7, 11) is 1.94. The topological polar surface area (TPSA) is 41.3 Å². The van der Waals surface area contributed by atoms with Crippen molar-refractivity contribution in [2.45, 2.75) is 26.0 Å². The van der Waals surface area contributed by atoms with Gasteiger partial charge in [-0.2, -0.15) is 5.10 Å². The molecule has 78 valence electrons. The molecule has 0 saturated carbocycles. The van der Waals surface area contributed by atoms with E-state index in [0.717, 1.165) is 31.7 Å². The van der Waals surface area contributed by atoms with Crippen molar-refractivity contribution in [2.24, 2.45) is 7.05 Å². The molecule has 2 heterocycles. The lowest BCUT2D eigenvalue weighted by Crippen LogP contribution is -2.21. The number of hydrogen-bond donors (Lipinski definition) is 1. The Morgan fingerprint density at radius 1 is 1.64 bits per heavy atom. The first kappa shape index (κ1) is 9.68. The van der Waals surface area contributed by atoms with E-state index in [9.17, 15) is 5.11 Å². The second-order valence-electron chi connectivity index (χ2n) is 4.09. The smallest absolute Gasteiger partial charge is 0.0679 e. The predicted molar refractivity (Wildman–Crippen MR) is 53.8 cm³/mol. The van der Waals surface area contributed by atoms with E-state index in [0.29, 0.717) is 0 Å². The minimum Gasteiger partial charge on any atom is -0.392 e. The average Bonchev–Trinajstić information content (AvgIpc) is 2.61. The number of rotatable bonds is 2. The molecule has 0 amide bonds. The molecule has 1 aliphatic rings. The van der Waals surface area contributed by atoms with Gasteiger partial charge in [-0.15, -0.1) is 0 Å². The van der Waals surface area contributed by atoms with Crippen LogP contribution in [0.3, 0.4) is 0 Å². The van der Waals surface area contributed by atoms with Crippen molar-refractivity contribution in [1.29, 1.82) is 0 Å². The Hall–Kier alpha value is -0.870. The summed E-state index contributed by atoms with van der Waals surface area (Å²) in [6, 6.07) is 0. The highest BCUT2D eigenvalue weighted by atomic mass is 16.3. The fourth-order valence-corrected chi connectivity index (χ4v) is 2.00. The molecule has 1 N–H and O–H groups in total. The highest BCUT2D eigenvalue weighted by Crippen LogP contribution is 2.14. The van der Waals surface area contributed by atoms with Gasteiger partial charge in [-0.1, -0.05) is 0 Å². The largest absolute Gasteiger partial charge is 0.392 e. The molecule has 1 atom stereocenters. The molecule has 1 fully saturated rings. The molecule has 1 aromatic rings. The summed E-state index contributed by atoms with van der Waals surface area (Å²) in [5, 5.41) is 13.7. The zero-order valence-corrected chi connectivity index (χ0v) is 8.77. The Balaban J connectivity index is 2.00. The monoisotopic (exact) mass is 195 g/mol. The van der Waals surface area contributed by atoms with Gasteiger partial charge in [-0.3, -0.25) is 9.58 Å². The predicted octanol–water partition coefficient (Wildman–Crippen LogP) is 0.295. The first-order valence-corrected chi connectivity index (χ1v) is 5.04. The number of aliphatic hydroxyl groups excluding tert-OH is 1. The van der Waals surface area contributed by atoms with Crippen molar-refractivity contribution in [3.8, 4) is 0 Å². The summed E-state index contributed by atoms with van der Waals surface area (Å²) in [6.45, 7) is 4.74. The molecule has 0 aromatic carbocycles. The molecule has 0 radical (unpaired) electrons. The zero-order chi connectivity index (χ0) is 10.1. The minimum absolute atomic E-state index is 0.132. The van der Waals surface area contributed by atoms with E-state index in [1.165, 1.54) is 5.56 Å². The van der Waals surface area contributed by atoms with Gasteiger partial charge in [0, 0.05) is 38.4 Å². The molecule has 4 nitrogen and oxygen atoms in total. The molecule has 0 unspecified atom stereocenters. The standard InChI is InChI=1S/C10H17N3O/c1-8-9(5-12(2)11-8)6-13-4-3-10(14)7-13/h5,10,14H,3-4,6-7H2,1-2H3/t10-/m0/s1. The van der Waals surface area contributed by atoms with E-state index in [1.807, 2.05) is 18.7 Å². The van der Waals surface area contributed by atoms with Crippen LogP contribution in [0.4, 0.5) is 0 Å². The molecule has 1 saturated heterocycles. The Morgan fingerprint density at radius 3 is 2.93 bits per heavy atom. The van der Waals surface area contributed by atoms with E-state index in [-0.39, 0.29) is 6.10 Å². The van der Waals surface area contributed by atoms with E-state index in [2.05, 4.69) is 16.2 Å². The lowest BCUT2D eigenvalue weighted by atomic mass is 10.2. The van der Waals surface area contributed by atoms with Gasteiger partial charge in [0.1, 0.15) is 0 Å². The summed E-state index contributed by atoms with van der Waals surface area (Å²) in [5.74, 6) is 0. The van der Waals surface area contributed by atoms with Crippen LogP contribution in [0.15, 0.2) is 6.20 Å². The van der Waals surface area contributed by atoms with Gasteiger partial charge < -0.3 is 5.11 Å². The lowest BCUT2D eigenvalue weighted by molar-refractivity contribution is 0.174. The summed E-state index contributed by atoms with van der Waals surface area (Å²) < 4.78 is 1.84. The van der Waals surface area contributed by atoms with Crippen LogP contribution in [0.5, 0.6) is 0 Å². The van der Waals surface area contributed by atoms with E-state index >= 15 is 0 Å². The maximum Gasteiger partial charge on any atom is 0.0679 e. The van der Waals surface area contributed by atoms with Crippen molar-refractivity contribution in [1.82, 2.24) is 14.7 Å². The van der Waals surface area contributed by atoms with Crippen LogP contribution in [0.2, 0.25) is 0 Å². The molecule has 0 spiro atoms. The van der Waals surface area contributed by atoms with Crippen molar-refractivity contribution in [3.05, 3.63) is 17.5 Å².